The van der Waals surface area contributed by atoms with Gasteiger partial charge in [-0.1, -0.05) is 38.1 Å². The Morgan fingerprint density at radius 1 is 1.07 bits per heavy atom. The summed E-state index contributed by atoms with van der Waals surface area (Å²) in [6, 6.07) is 13.8. The second kappa shape index (κ2) is 8.20. The first kappa shape index (κ1) is 18.9. The van der Waals surface area contributed by atoms with Crippen LogP contribution in [0.1, 0.15) is 30.9 Å². The summed E-state index contributed by atoms with van der Waals surface area (Å²) in [6.45, 7) is 5.65. The molecule has 0 unspecified atom stereocenters. The average molecular weight is 369 g/mol. The van der Waals surface area contributed by atoms with Crippen LogP contribution in [0.2, 0.25) is 0 Å². The number of halogens is 1. The Bertz CT molecular complexity index is 803. The molecule has 0 aliphatic carbocycles. The van der Waals surface area contributed by atoms with Gasteiger partial charge in [-0.25, -0.2) is 9.18 Å². The minimum atomic E-state index is -0.311. The number of hydrogen-bond donors (Lipinski definition) is 1. The Kier molecular flexibility index (Phi) is 5.74. The quantitative estimate of drug-likeness (QED) is 0.847. The topological polar surface area (TPSA) is 52.6 Å². The minimum Gasteiger partial charge on any atom is -0.350 e. The molecule has 6 heteroatoms. The molecule has 1 saturated heterocycles. The van der Waals surface area contributed by atoms with Crippen molar-refractivity contribution in [2.75, 3.05) is 24.5 Å². The third kappa shape index (κ3) is 4.64. The standard InChI is InChI=1S/C21H24FN3O2/c1-15(2)17-5-9-19(10-6-17)25-12-11-24(21(25)27)14-20(26)23-13-16-3-7-18(22)8-4-16/h3-10,15H,11-14H2,1-2H3,(H,23,26). The van der Waals surface area contributed by atoms with Crippen LogP contribution in [0.3, 0.4) is 0 Å². The molecule has 3 rings (SSSR count). The second-order valence-electron chi connectivity index (χ2n) is 7.01. The van der Waals surface area contributed by atoms with Crippen LogP contribution >= 0.6 is 0 Å². The minimum absolute atomic E-state index is 0.0145. The zero-order chi connectivity index (χ0) is 19.4. The number of hydrogen-bond acceptors (Lipinski definition) is 2. The number of anilines is 1. The lowest BCUT2D eigenvalue weighted by Gasteiger charge is -2.19. The Morgan fingerprint density at radius 2 is 1.74 bits per heavy atom. The summed E-state index contributed by atoms with van der Waals surface area (Å²) in [6.07, 6.45) is 0. The lowest BCUT2D eigenvalue weighted by atomic mass is 10.0. The number of rotatable bonds is 6. The van der Waals surface area contributed by atoms with E-state index in [4.69, 9.17) is 0 Å². The lowest BCUT2D eigenvalue weighted by Crippen LogP contribution is -2.39. The van der Waals surface area contributed by atoms with Crippen LogP contribution in [0, 0.1) is 5.82 Å². The summed E-state index contributed by atoms with van der Waals surface area (Å²) in [5, 5.41) is 2.77. The van der Waals surface area contributed by atoms with Crippen molar-refractivity contribution in [2.45, 2.75) is 26.3 Å². The fraction of sp³-hybridized carbons (Fsp3) is 0.333. The largest absolute Gasteiger partial charge is 0.350 e. The summed E-state index contributed by atoms with van der Waals surface area (Å²) in [5.41, 5.74) is 2.88. The van der Waals surface area contributed by atoms with E-state index in [0.29, 0.717) is 25.6 Å². The number of amides is 3. The fourth-order valence-electron chi connectivity index (χ4n) is 3.04. The Labute approximate surface area is 158 Å². The number of carbonyl (C=O) groups is 2. The van der Waals surface area contributed by atoms with Gasteiger partial charge in [-0.15, -0.1) is 0 Å². The molecule has 1 heterocycles. The van der Waals surface area contributed by atoms with E-state index in [2.05, 4.69) is 19.2 Å². The maximum Gasteiger partial charge on any atom is 0.325 e. The first-order chi connectivity index (χ1) is 12.9. The molecule has 0 atom stereocenters. The number of urea groups is 1. The van der Waals surface area contributed by atoms with Crippen molar-refractivity contribution in [3.8, 4) is 0 Å². The van der Waals surface area contributed by atoms with Crippen molar-refractivity contribution in [1.82, 2.24) is 10.2 Å². The number of nitrogens with one attached hydrogen (secondary N) is 1. The van der Waals surface area contributed by atoms with Crippen molar-refractivity contribution in [3.63, 3.8) is 0 Å². The van der Waals surface area contributed by atoms with E-state index in [-0.39, 0.29) is 24.3 Å². The van der Waals surface area contributed by atoms with Crippen molar-refractivity contribution in [3.05, 3.63) is 65.5 Å². The Balaban J connectivity index is 1.53. The molecule has 0 saturated carbocycles. The van der Waals surface area contributed by atoms with E-state index in [1.807, 2.05) is 24.3 Å². The van der Waals surface area contributed by atoms with E-state index in [1.54, 1.807) is 17.0 Å². The molecule has 2 aromatic rings. The average Bonchev–Trinajstić information content (AvgIpc) is 3.02. The maximum absolute atomic E-state index is 12.9. The predicted octanol–water partition coefficient (Wildman–Crippen LogP) is 3.51. The Hall–Kier alpha value is -2.89. The first-order valence-corrected chi connectivity index (χ1v) is 9.11. The molecule has 0 aromatic heterocycles. The molecule has 0 bridgehead atoms. The van der Waals surface area contributed by atoms with E-state index in [0.717, 1.165) is 11.3 Å². The zero-order valence-corrected chi connectivity index (χ0v) is 15.6. The van der Waals surface area contributed by atoms with Gasteiger partial charge in [0.05, 0.1) is 0 Å². The summed E-state index contributed by atoms with van der Waals surface area (Å²) in [4.78, 5) is 28.0. The molecule has 142 valence electrons. The molecule has 1 fully saturated rings. The highest BCUT2D eigenvalue weighted by molar-refractivity contribution is 5.96. The molecule has 1 aliphatic rings. The molecule has 2 aromatic carbocycles. The highest BCUT2D eigenvalue weighted by atomic mass is 19.1. The van der Waals surface area contributed by atoms with Gasteiger partial charge in [0.15, 0.2) is 0 Å². The molecule has 3 amide bonds. The van der Waals surface area contributed by atoms with Crippen LogP contribution in [-0.4, -0.2) is 36.5 Å². The smallest absolute Gasteiger partial charge is 0.325 e. The zero-order valence-electron chi connectivity index (χ0n) is 15.6. The SMILES string of the molecule is CC(C)c1ccc(N2CCN(CC(=O)NCc3ccc(F)cc3)C2=O)cc1. The van der Waals surface area contributed by atoms with Crippen molar-refractivity contribution in [2.24, 2.45) is 0 Å². The molecule has 27 heavy (non-hydrogen) atoms. The van der Waals surface area contributed by atoms with Crippen molar-refractivity contribution in [1.29, 1.82) is 0 Å². The number of carbonyl (C=O) groups excluding carboxylic acids is 2. The van der Waals surface area contributed by atoms with E-state index < -0.39 is 0 Å². The van der Waals surface area contributed by atoms with Gasteiger partial charge >= 0.3 is 6.03 Å². The summed E-state index contributed by atoms with van der Waals surface area (Å²) in [7, 11) is 0. The van der Waals surface area contributed by atoms with E-state index in [1.165, 1.54) is 22.6 Å². The van der Waals surface area contributed by atoms with Gasteiger partial charge < -0.3 is 10.2 Å². The molecular formula is C21H24FN3O2. The first-order valence-electron chi connectivity index (χ1n) is 9.11. The van der Waals surface area contributed by atoms with Crippen LogP contribution < -0.4 is 10.2 Å². The number of benzene rings is 2. The predicted molar refractivity (Wildman–Crippen MR) is 103 cm³/mol. The van der Waals surface area contributed by atoms with Gasteiger partial charge in [0.1, 0.15) is 12.4 Å². The van der Waals surface area contributed by atoms with E-state index >= 15 is 0 Å². The molecule has 0 radical (unpaired) electrons. The third-order valence-electron chi connectivity index (χ3n) is 4.70. The van der Waals surface area contributed by atoms with Gasteiger partial charge in [-0.2, -0.15) is 0 Å². The summed E-state index contributed by atoms with van der Waals surface area (Å²) in [5.74, 6) is -0.103. The molecule has 0 spiro atoms. The van der Waals surface area contributed by atoms with Gasteiger partial charge in [0, 0.05) is 25.3 Å². The van der Waals surface area contributed by atoms with Crippen molar-refractivity contribution < 1.29 is 14.0 Å². The lowest BCUT2D eigenvalue weighted by molar-refractivity contribution is -0.121. The van der Waals surface area contributed by atoms with Crippen LogP contribution in [0.4, 0.5) is 14.9 Å². The molecule has 5 nitrogen and oxygen atoms in total. The summed E-state index contributed by atoms with van der Waals surface area (Å²) >= 11 is 0. The van der Waals surface area contributed by atoms with Crippen LogP contribution in [-0.2, 0) is 11.3 Å². The normalized spacial score (nSPS) is 14.1. The number of nitrogens with zero attached hydrogens (tertiary/aromatic N) is 2. The Morgan fingerprint density at radius 3 is 2.37 bits per heavy atom. The van der Waals surface area contributed by atoms with Gasteiger partial charge in [-0.3, -0.25) is 9.69 Å². The molecule has 1 N–H and O–H groups in total. The highest BCUT2D eigenvalue weighted by Crippen LogP contribution is 2.23. The summed E-state index contributed by atoms with van der Waals surface area (Å²) < 4.78 is 12.9. The maximum atomic E-state index is 12.9. The van der Waals surface area contributed by atoms with E-state index in [9.17, 15) is 14.0 Å². The van der Waals surface area contributed by atoms with Crippen LogP contribution in [0.15, 0.2) is 48.5 Å². The van der Waals surface area contributed by atoms with Crippen LogP contribution in [0.5, 0.6) is 0 Å². The molecule has 1 aliphatic heterocycles. The second-order valence-corrected chi connectivity index (χ2v) is 7.01. The molecular weight excluding hydrogens is 345 g/mol. The van der Waals surface area contributed by atoms with Crippen LogP contribution in [0.25, 0.3) is 0 Å². The van der Waals surface area contributed by atoms with Crippen molar-refractivity contribution >= 4 is 17.6 Å². The van der Waals surface area contributed by atoms with Gasteiger partial charge in [0.2, 0.25) is 5.91 Å². The van der Waals surface area contributed by atoms with Gasteiger partial charge in [0.25, 0.3) is 0 Å². The fourth-order valence-corrected chi connectivity index (χ4v) is 3.04. The third-order valence-corrected chi connectivity index (χ3v) is 4.70. The van der Waals surface area contributed by atoms with Gasteiger partial charge in [-0.05, 0) is 41.3 Å². The monoisotopic (exact) mass is 369 g/mol. The highest BCUT2D eigenvalue weighted by Gasteiger charge is 2.30.